The van der Waals surface area contributed by atoms with E-state index in [2.05, 4.69) is 5.32 Å². The number of hydrogen-bond acceptors (Lipinski definition) is 5. The molecule has 1 aromatic carbocycles. The first-order valence-electron chi connectivity index (χ1n) is 8.68. The van der Waals surface area contributed by atoms with E-state index in [1.807, 2.05) is 6.07 Å². The van der Waals surface area contributed by atoms with Gasteiger partial charge in [-0.3, -0.25) is 4.79 Å². The normalized spacial score (nSPS) is 15.7. The summed E-state index contributed by atoms with van der Waals surface area (Å²) >= 11 is 0. The zero-order valence-corrected chi connectivity index (χ0v) is 14.5. The summed E-state index contributed by atoms with van der Waals surface area (Å²) in [6, 6.07) is 8.41. The fourth-order valence-electron chi connectivity index (χ4n) is 2.83. The molecule has 134 valence electrons. The topological polar surface area (TPSA) is 88.4 Å². The molecular formula is C19H24N2O4. The van der Waals surface area contributed by atoms with Gasteiger partial charge in [0.25, 0.3) is 5.91 Å². The Morgan fingerprint density at radius 1 is 1.24 bits per heavy atom. The van der Waals surface area contributed by atoms with Gasteiger partial charge in [0, 0.05) is 6.54 Å². The molecule has 0 unspecified atom stereocenters. The zero-order chi connectivity index (χ0) is 18.1. The molecule has 1 aliphatic rings. The number of carbonyl (C=O) groups is 2. The number of esters is 1. The molecule has 2 rings (SSSR count). The molecule has 1 aliphatic carbocycles. The van der Waals surface area contributed by atoms with E-state index in [1.165, 1.54) is 19.3 Å². The summed E-state index contributed by atoms with van der Waals surface area (Å²) in [4.78, 5) is 23.8. The van der Waals surface area contributed by atoms with Crippen LogP contribution in [-0.2, 0) is 14.3 Å². The number of nitriles is 1. The highest BCUT2D eigenvalue weighted by Gasteiger charge is 2.20. The van der Waals surface area contributed by atoms with Gasteiger partial charge in [0.2, 0.25) is 0 Å². The quantitative estimate of drug-likeness (QED) is 0.768. The monoisotopic (exact) mass is 344 g/mol. The summed E-state index contributed by atoms with van der Waals surface area (Å²) in [5, 5.41) is 11.6. The van der Waals surface area contributed by atoms with Crippen molar-refractivity contribution in [2.75, 3.05) is 13.2 Å². The first-order valence-corrected chi connectivity index (χ1v) is 8.68. The minimum atomic E-state index is -0.847. The second kappa shape index (κ2) is 9.67. The molecule has 0 saturated heterocycles. The first kappa shape index (κ1) is 18.8. The van der Waals surface area contributed by atoms with Crippen LogP contribution in [0.25, 0.3) is 0 Å². The lowest BCUT2D eigenvalue weighted by Crippen LogP contribution is -2.39. The molecule has 1 fully saturated rings. The molecule has 0 radical (unpaired) electrons. The lowest BCUT2D eigenvalue weighted by atomic mass is 9.89. The molecule has 0 spiro atoms. The Bertz CT molecular complexity index is 615. The molecule has 1 atom stereocenters. The highest BCUT2D eigenvalue weighted by molar-refractivity contribution is 5.83. The van der Waals surface area contributed by atoms with Crippen LogP contribution in [0.3, 0.4) is 0 Å². The molecule has 6 heteroatoms. The molecule has 6 nitrogen and oxygen atoms in total. The van der Waals surface area contributed by atoms with Crippen LogP contribution in [0.2, 0.25) is 0 Å². The first-order chi connectivity index (χ1) is 12.1. The van der Waals surface area contributed by atoms with E-state index in [9.17, 15) is 9.59 Å². The fraction of sp³-hybridized carbons (Fsp3) is 0.526. The maximum absolute atomic E-state index is 12.0. The minimum Gasteiger partial charge on any atom is -0.482 e. The van der Waals surface area contributed by atoms with Gasteiger partial charge in [0.05, 0.1) is 11.6 Å². The molecule has 0 aromatic heterocycles. The molecule has 0 aliphatic heterocycles. The lowest BCUT2D eigenvalue weighted by Gasteiger charge is -2.22. The van der Waals surface area contributed by atoms with Crippen molar-refractivity contribution in [3.63, 3.8) is 0 Å². The van der Waals surface area contributed by atoms with Gasteiger partial charge in [0.1, 0.15) is 5.75 Å². The van der Waals surface area contributed by atoms with Crippen molar-refractivity contribution in [1.29, 1.82) is 5.26 Å². The lowest BCUT2D eigenvalue weighted by molar-refractivity contribution is -0.156. The Labute approximate surface area is 148 Å². The third-order valence-corrected chi connectivity index (χ3v) is 4.31. The van der Waals surface area contributed by atoms with Gasteiger partial charge >= 0.3 is 5.97 Å². The van der Waals surface area contributed by atoms with Crippen molar-refractivity contribution in [3.05, 3.63) is 29.8 Å². The highest BCUT2D eigenvalue weighted by Crippen LogP contribution is 2.22. The zero-order valence-electron chi connectivity index (χ0n) is 14.5. The number of rotatable bonds is 7. The van der Waals surface area contributed by atoms with Crippen molar-refractivity contribution >= 4 is 11.9 Å². The summed E-state index contributed by atoms with van der Waals surface area (Å²) in [7, 11) is 0. The minimum absolute atomic E-state index is 0.280. The largest absolute Gasteiger partial charge is 0.482 e. The maximum atomic E-state index is 12.0. The predicted molar refractivity (Wildman–Crippen MR) is 91.8 cm³/mol. The standard InChI is InChI=1S/C19H24N2O4/c1-14(19(23)21-12-16-5-3-2-4-6-16)25-18(22)13-24-17-9-7-15(11-20)8-10-17/h7-10,14,16H,2-6,12-13H2,1H3,(H,21,23)/t14-/m0/s1. The van der Waals surface area contributed by atoms with Gasteiger partial charge in [-0.05, 0) is 49.9 Å². The van der Waals surface area contributed by atoms with E-state index in [0.717, 1.165) is 12.8 Å². The van der Waals surface area contributed by atoms with Crippen LogP contribution in [0.5, 0.6) is 5.75 Å². The summed E-state index contributed by atoms with van der Waals surface area (Å²) in [5.74, 6) is 0.104. The van der Waals surface area contributed by atoms with E-state index in [4.69, 9.17) is 14.7 Å². The Morgan fingerprint density at radius 3 is 2.56 bits per heavy atom. The van der Waals surface area contributed by atoms with Gasteiger partial charge in [-0.15, -0.1) is 0 Å². The van der Waals surface area contributed by atoms with Gasteiger partial charge in [-0.2, -0.15) is 5.26 Å². The van der Waals surface area contributed by atoms with Gasteiger partial charge in [-0.25, -0.2) is 4.79 Å². The Morgan fingerprint density at radius 2 is 1.92 bits per heavy atom. The van der Waals surface area contributed by atoms with E-state index in [-0.39, 0.29) is 12.5 Å². The number of hydrogen-bond donors (Lipinski definition) is 1. The average Bonchev–Trinajstić information content (AvgIpc) is 2.65. The van der Waals surface area contributed by atoms with Gasteiger partial charge < -0.3 is 14.8 Å². The third kappa shape index (κ3) is 6.46. The summed E-state index contributed by atoms with van der Waals surface area (Å²) in [6.45, 7) is 1.91. The number of nitrogens with one attached hydrogen (secondary N) is 1. The van der Waals surface area contributed by atoms with Gasteiger partial charge in [0.15, 0.2) is 12.7 Å². The third-order valence-electron chi connectivity index (χ3n) is 4.31. The van der Waals surface area contributed by atoms with Crippen molar-refractivity contribution in [3.8, 4) is 11.8 Å². The summed E-state index contributed by atoms with van der Waals surface area (Å²) in [6.07, 6.45) is 5.16. The number of nitrogens with zero attached hydrogens (tertiary/aromatic N) is 1. The smallest absolute Gasteiger partial charge is 0.344 e. The molecule has 0 heterocycles. The Hall–Kier alpha value is -2.55. The number of carbonyl (C=O) groups excluding carboxylic acids is 2. The van der Waals surface area contributed by atoms with Crippen LogP contribution in [0.15, 0.2) is 24.3 Å². The van der Waals surface area contributed by atoms with E-state index < -0.39 is 12.1 Å². The fourth-order valence-corrected chi connectivity index (χ4v) is 2.83. The van der Waals surface area contributed by atoms with E-state index >= 15 is 0 Å². The SMILES string of the molecule is C[C@H](OC(=O)COc1ccc(C#N)cc1)C(=O)NCC1CCCCC1. The second-order valence-corrected chi connectivity index (χ2v) is 6.31. The molecule has 1 amide bonds. The van der Waals surface area contributed by atoms with Crippen LogP contribution in [0, 0.1) is 17.2 Å². The van der Waals surface area contributed by atoms with Crippen molar-refractivity contribution in [1.82, 2.24) is 5.32 Å². The number of ether oxygens (including phenoxy) is 2. The van der Waals surface area contributed by atoms with E-state index in [1.54, 1.807) is 31.2 Å². The van der Waals surface area contributed by atoms with Crippen molar-refractivity contribution in [2.45, 2.75) is 45.1 Å². The number of benzene rings is 1. The molecule has 1 aromatic rings. The van der Waals surface area contributed by atoms with E-state index in [0.29, 0.717) is 23.8 Å². The van der Waals surface area contributed by atoms with Crippen LogP contribution < -0.4 is 10.1 Å². The van der Waals surface area contributed by atoms with Crippen molar-refractivity contribution < 1.29 is 19.1 Å². The summed E-state index contributed by atoms with van der Waals surface area (Å²) in [5.41, 5.74) is 0.512. The second-order valence-electron chi connectivity index (χ2n) is 6.31. The van der Waals surface area contributed by atoms with Crippen LogP contribution in [0.1, 0.15) is 44.6 Å². The number of amides is 1. The molecule has 25 heavy (non-hydrogen) atoms. The molecule has 0 bridgehead atoms. The molecule has 1 N–H and O–H groups in total. The van der Waals surface area contributed by atoms with Crippen LogP contribution in [0.4, 0.5) is 0 Å². The Kier molecular flexibility index (Phi) is 7.27. The van der Waals surface area contributed by atoms with Crippen LogP contribution in [-0.4, -0.2) is 31.1 Å². The molecule has 1 saturated carbocycles. The molecular weight excluding hydrogens is 320 g/mol. The Balaban J connectivity index is 1.67. The summed E-state index contributed by atoms with van der Waals surface area (Å²) < 4.78 is 10.4. The van der Waals surface area contributed by atoms with Gasteiger partial charge in [-0.1, -0.05) is 19.3 Å². The van der Waals surface area contributed by atoms with Crippen molar-refractivity contribution in [2.24, 2.45) is 5.92 Å². The average molecular weight is 344 g/mol. The maximum Gasteiger partial charge on any atom is 0.344 e. The van der Waals surface area contributed by atoms with Crippen LogP contribution >= 0.6 is 0 Å². The predicted octanol–water partition coefficient (Wildman–Crippen LogP) is 2.57. The highest BCUT2D eigenvalue weighted by atomic mass is 16.6.